The summed E-state index contributed by atoms with van der Waals surface area (Å²) in [6, 6.07) is 15.8. The zero-order valence-electron chi connectivity index (χ0n) is 13.9. The van der Waals surface area contributed by atoms with Crippen molar-refractivity contribution in [1.82, 2.24) is 9.97 Å². The molecule has 5 heteroatoms. The summed E-state index contributed by atoms with van der Waals surface area (Å²) in [4.78, 5) is 20.6. The highest BCUT2D eigenvalue weighted by atomic mass is 19.1. The molecule has 1 amide bonds. The molecule has 3 rings (SSSR count). The summed E-state index contributed by atoms with van der Waals surface area (Å²) in [7, 11) is 0. The Kier molecular flexibility index (Phi) is 5.14. The van der Waals surface area contributed by atoms with Crippen molar-refractivity contribution in [2.75, 3.05) is 5.32 Å². The first-order valence-corrected chi connectivity index (χ1v) is 8.05. The number of anilines is 1. The molecule has 0 aliphatic rings. The summed E-state index contributed by atoms with van der Waals surface area (Å²) >= 11 is 0. The maximum absolute atomic E-state index is 13.6. The minimum absolute atomic E-state index is 0.153. The van der Waals surface area contributed by atoms with Crippen molar-refractivity contribution in [3.05, 3.63) is 78.0 Å². The zero-order valence-corrected chi connectivity index (χ0v) is 13.9. The maximum Gasteiger partial charge on any atom is 0.224 e. The van der Waals surface area contributed by atoms with Crippen LogP contribution < -0.4 is 5.32 Å². The molecular weight excluding hydrogens is 317 g/mol. The molecule has 0 saturated carbocycles. The van der Waals surface area contributed by atoms with E-state index < -0.39 is 0 Å². The summed E-state index contributed by atoms with van der Waals surface area (Å²) in [5.74, 6) is 0.257. The van der Waals surface area contributed by atoms with E-state index in [1.165, 1.54) is 6.07 Å². The van der Waals surface area contributed by atoms with Crippen LogP contribution in [-0.4, -0.2) is 15.9 Å². The molecule has 0 bridgehead atoms. The molecule has 0 atom stereocenters. The topological polar surface area (TPSA) is 54.9 Å². The summed E-state index contributed by atoms with van der Waals surface area (Å²) in [6.07, 6.45) is 2.29. The van der Waals surface area contributed by atoms with Crippen LogP contribution in [0.1, 0.15) is 17.8 Å². The average Bonchev–Trinajstić information content (AvgIpc) is 2.61. The molecular formula is C20H18FN3O. The van der Waals surface area contributed by atoms with E-state index in [4.69, 9.17) is 0 Å². The van der Waals surface area contributed by atoms with Crippen molar-refractivity contribution in [2.45, 2.75) is 19.8 Å². The van der Waals surface area contributed by atoms with E-state index >= 15 is 0 Å². The van der Waals surface area contributed by atoms with Gasteiger partial charge in [-0.25, -0.2) is 14.4 Å². The first-order valence-electron chi connectivity index (χ1n) is 8.05. The molecule has 0 fully saturated rings. The Morgan fingerprint density at radius 3 is 2.76 bits per heavy atom. The molecule has 0 aliphatic carbocycles. The van der Waals surface area contributed by atoms with Crippen LogP contribution in [0.5, 0.6) is 0 Å². The van der Waals surface area contributed by atoms with E-state index in [9.17, 15) is 9.18 Å². The second-order valence-corrected chi connectivity index (χ2v) is 5.71. The Labute approximate surface area is 145 Å². The lowest BCUT2D eigenvalue weighted by Gasteiger charge is -2.08. The van der Waals surface area contributed by atoms with Crippen LogP contribution in [0.2, 0.25) is 0 Å². The van der Waals surface area contributed by atoms with Crippen molar-refractivity contribution >= 4 is 11.6 Å². The van der Waals surface area contributed by atoms with Gasteiger partial charge in [-0.1, -0.05) is 30.3 Å². The van der Waals surface area contributed by atoms with E-state index in [2.05, 4.69) is 15.3 Å². The zero-order chi connectivity index (χ0) is 17.6. The van der Waals surface area contributed by atoms with E-state index in [0.717, 1.165) is 11.3 Å². The van der Waals surface area contributed by atoms with Crippen LogP contribution in [0.15, 0.2) is 60.8 Å². The van der Waals surface area contributed by atoms with Gasteiger partial charge in [-0.15, -0.1) is 0 Å². The van der Waals surface area contributed by atoms with Crippen LogP contribution in [0.25, 0.3) is 11.3 Å². The average molecular weight is 335 g/mol. The van der Waals surface area contributed by atoms with Gasteiger partial charge in [0.15, 0.2) is 0 Å². The maximum atomic E-state index is 13.6. The number of hydrogen-bond acceptors (Lipinski definition) is 3. The molecule has 0 radical (unpaired) electrons. The van der Waals surface area contributed by atoms with Gasteiger partial charge in [0.2, 0.25) is 5.91 Å². The molecule has 1 N–H and O–H groups in total. The number of carbonyl (C=O) groups excluding carboxylic acids is 1. The predicted octanol–water partition coefficient (Wildman–Crippen LogP) is 4.16. The molecule has 3 aromatic rings. The molecule has 2 aromatic carbocycles. The molecule has 25 heavy (non-hydrogen) atoms. The van der Waals surface area contributed by atoms with Gasteiger partial charge >= 0.3 is 0 Å². The predicted molar refractivity (Wildman–Crippen MR) is 95.6 cm³/mol. The number of aryl methyl sites for hydroxylation is 2. The van der Waals surface area contributed by atoms with Crippen LogP contribution in [0, 0.1) is 12.7 Å². The molecule has 1 aromatic heterocycles. The first-order chi connectivity index (χ1) is 12.1. The third-order valence-corrected chi connectivity index (χ3v) is 3.80. The largest absolute Gasteiger partial charge is 0.326 e. The van der Waals surface area contributed by atoms with Crippen LogP contribution >= 0.6 is 0 Å². The Balaban J connectivity index is 1.66. The Bertz CT molecular complexity index is 895. The number of nitrogens with one attached hydrogen (secondary N) is 1. The van der Waals surface area contributed by atoms with Crippen molar-refractivity contribution in [3.63, 3.8) is 0 Å². The number of amides is 1. The van der Waals surface area contributed by atoms with Gasteiger partial charge in [0.05, 0.1) is 5.69 Å². The first kappa shape index (κ1) is 16.8. The van der Waals surface area contributed by atoms with Gasteiger partial charge in [-0.05, 0) is 43.2 Å². The summed E-state index contributed by atoms with van der Waals surface area (Å²) in [6.45, 7) is 1.83. The van der Waals surface area contributed by atoms with Crippen LogP contribution in [-0.2, 0) is 11.2 Å². The minimum Gasteiger partial charge on any atom is -0.326 e. The van der Waals surface area contributed by atoms with Gasteiger partial charge in [0.25, 0.3) is 0 Å². The molecule has 0 unspecified atom stereocenters. The standard InChI is InChI=1S/C20H18FN3O/c1-14-22-12-11-19(23-14)16-6-4-7-17(13-16)24-20(25)10-9-15-5-2-3-8-18(15)21/h2-8,11-13H,9-10H2,1H3,(H,24,25). The number of nitrogens with zero attached hydrogens (tertiary/aromatic N) is 2. The van der Waals surface area contributed by atoms with Crippen LogP contribution in [0.3, 0.4) is 0 Å². The molecule has 0 saturated heterocycles. The van der Waals surface area contributed by atoms with Crippen molar-refractivity contribution < 1.29 is 9.18 Å². The van der Waals surface area contributed by atoms with Crippen molar-refractivity contribution in [2.24, 2.45) is 0 Å². The highest BCUT2D eigenvalue weighted by Gasteiger charge is 2.07. The monoisotopic (exact) mass is 335 g/mol. The third-order valence-electron chi connectivity index (χ3n) is 3.80. The number of aromatic nitrogens is 2. The highest BCUT2D eigenvalue weighted by molar-refractivity contribution is 5.91. The molecule has 1 heterocycles. The quantitative estimate of drug-likeness (QED) is 0.761. The Morgan fingerprint density at radius 2 is 1.96 bits per heavy atom. The molecule has 126 valence electrons. The number of halogens is 1. The molecule has 0 spiro atoms. The second kappa shape index (κ2) is 7.66. The number of hydrogen-bond donors (Lipinski definition) is 1. The smallest absolute Gasteiger partial charge is 0.224 e. The number of carbonyl (C=O) groups is 1. The lowest BCUT2D eigenvalue weighted by molar-refractivity contribution is -0.116. The van der Waals surface area contributed by atoms with Crippen molar-refractivity contribution in [1.29, 1.82) is 0 Å². The van der Waals surface area contributed by atoms with Gasteiger partial charge in [0.1, 0.15) is 11.6 Å². The Hall–Kier alpha value is -3.08. The summed E-state index contributed by atoms with van der Waals surface area (Å²) < 4.78 is 13.6. The Morgan fingerprint density at radius 1 is 1.12 bits per heavy atom. The molecule has 4 nitrogen and oxygen atoms in total. The summed E-state index contributed by atoms with van der Waals surface area (Å²) in [5.41, 5.74) is 2.93. The van der Waals surface area contributed by atoms with E-state index in [-0.39, 0.29) is 18.1 Å². The summed E-state index contributed by atoms with van der Waals surface area (Å²) in [5, 5.41) is 2.85. The third kappa shape index (κ3) is 4.47. The number of benzene rings is 2. The van der Waals surface area contributed by atoms with Gasteiger partial charge in [-0.2, -0.15) is 0 Å². The van der Waals surface area contributed by atoms with Crippen LogP contribution in [0.4, 0.5) is 10.1 Å². The fourth-order valence-electron chi connectivity index (χ4n) is 2.55. The second-order valence-electron chi connectivity index (χ2n) is 5.71. The SMILES string of the molecule is Cc1nccc(-c2cccc(NC(=O)CCc3ccccc3F)c2)n1. The van der Waals surface area contributed by atoms with E-state index in [1.807, 2.05) is 37.3 Å². The molecule has 0 aliphatic heterocycles. The highest BCUT2D eigenvalue weighted by Crippen LogP contribution is 2.21. The normalized spacial score (nSPS) is 10.5. The van der Waals surface area contributed by atoms with E-state index in [0.29, 0.717) is 23.5 Å². The fraction of sp³-hybridized carbons (Fsp3) is 0.150. The fourth-order valence-corrected chi connectivity index (χ4v) is 2.55. The number of rotatable bonds is 5. The van der Waals surface area contributed by atoms with Gasteiger partial charge < -0.3 is 5.32 Å². The minimum atomic E-state index is -0.281. The van der Waals surface area contributed by atoms with Gasteiger partial charge in [0, 0.05) is 23.9 Å². The van der Waals surface area contributed by atoms with E-state index in [1.54, 1.807) is 24.4 Å². The lowest BCUT2D eigenvalue weighted by atomic mass is 10.1. The van der Waals surface area contributed by atoms with Crippen molar-refractivity contribution in [3.8, 4) is 11.3 Å². The lowest BCUT2D eigenvalue weighted by Crippen LogP contribution is -2.12. The van der Waals surface area contributed by atoms with Gasteiger partial charge in [-0.3, -0.25) is 4.79 Å².